The van der Waals surface area contributed by atoms with Gasteiger partial charge in [0.05, 0.1) is 11.7 Å². The fraction of sp³-hybridized carbons (Fsp3) is 0. The summed E-state index contributed by atoms with van der Waals surface area (Å²) in [5.74, 6) is -0.581. The lowest BCUT2D eigenvalue weighted by molar-refractivity contribution is -0.141. The molecule has 70 valence electrons. The van der Waals surface area contributed by atoms with Crippen molar-refractivity contribution in [3.63, 3.8) is 0 Å². The molecule has 5 heteroatoms. The summed E-state index contributed by atoms with van der Waals surface area (Å²) < 4.78 is 4.75. The van der Waals surface area contributed by atoms with Crippen molar-refractivity contribution in [2.75, 3.05) is 0 Å². The summed E-state index contributed by atoms with van der Waals surface area (Å²) >= 11 is 0. The van der Waals surface area contributed by atoms with Crippen LogP contribution in [-0.4, -0.2) is 22.2 Å². The van der Waals surface area contributed by atoms with E-state index in [1.54, 1.807) is 18.5 Å². The van der Waals surface area contributed by atoms with Crippen molar-refractivity contribution in [3.05, 3.63) is 24.7 Å². The van der Waals surface area contributed by atoms with E-state index in [0.29, 0.717) is 5.75 Å². The van der Waals surface area contributed by atoms with Crippen LogP contribution >= 0.6 is 0 Å². The van der Waals surface area contributed by atoms with Crippen LogP contribution in [0.2, 0.25) is 0 Å². The Kier molecular flexibility index (Phi) is 1.98. The Bertz CT molecular complexity index is 490. The summed E-state index contributed by atoms with van der Waals surface area (Å²) in [7, 11) is 0. The number of aromatic nitrogens is 2. The third-order valence-electron chi connectivity index (χ3n) is 1.75. The average Bonchev–Trinajstić information content (AvgIpc) is 2.62. The first-order chi connectivity index (χ1) is 6.81. The first-order valence-corrected chi connectivity index (χ1v) is 3.89. The van der Waals surface area contributed by atoms with Crippen molar-refractivity contribution < 1.29 is 14.3 Å². The van der Waals surface area contributed by atoms with Gasteiger partial charge < -0.3 is 9.72 Å². The second-order valence-electron chi connectivity index (χ2n) is 2.61. The molecule has 0 radical (unpaired) electrons. The first-order valence-electron chi connectivity index (χ1n) is 3.89. The van der Waals surface area contributed by atoms with Crippen molar-refractivity contribution in [2.24, 2.45) is 0 Å². The van der Waals surface area contributed by atoms with Gasteiger partial charge in [0.2, 0.25) is 6.29 Å². The van der Waals surface area contributed by atoms with Gasteiger partial charge in [0.1, 0.15) is 0 Å². The predicted molar refractivity (Wildman–Crippen MR) is 47.8 cm³/mol. The lowest BCUT2D eigenvalue weighted by atomic mass is 10.3. The highest BCUT2D eigenvalue weighted by molar-refractivity contribution is 6.21. The second-order valence-corrected chi connectivity index (χ2v) is 2.61. The number of pyridine rings is 1. The van der Waals surface area contributed by atoms with E-state index in [9.17, 15) is 9.59 Å². The smallest absolute Gasteiger partial charge is 0.376 e. The summed E-state index contributed by atoms with van der Waals surface area (Å²) in [6.07, 6.45) is 4.82. The Morgan fingerprint density at radius 3 is 3.21 bits per heavy atom. The maximum absolute atomic E-state index is 10.7. The van der Waals surface area contributed by atoms with Crippen molar-refractivity contribution in [1.29, 1.82) is 0 Å². The van der Waals surface area contributed by atoms with Crippen LogP contribution in [0, 0.1) is 0 Å². The number of fused-ring (bicyclic) bond motifs is 1. The Balaban J connectivity index is 2.43. The van der Waals surface area contributed by atoms with Gasteiger partial charge in [-0.25, -0.2) is 4.79 Å². The molecule has 0 aromatic carbocycles. The van der Waals surface area contributed by atoms with Crippen molar-refractivity contribution >= 4 is 23.2 Å². The van der Waals surface area contributed by atoms with E-state index < -0.39 is 5.97 Å². The molecule has 14 heavy (non-hydrogen) atoms. The van der Waals surface area contributed by atoms with E-state index in [0.717, 1.165) is 10.9 Å². The van der Waals surface area contributed by atoms with Crippen molar-refractivity contribution in [3.8, 4) is 5.75 Å². The Morgan fingerprint density at radius 2 is 2.43 bits per heavy atom. The van der Waals surface area contributed by atoms with Gasteiger partial charge in [0.15, 0.2) is 5.75 Å². The molecule has 2 aromatic heterocycles. The SMILES string of the molecule is O=CC(=O)Oc1c[nH]c2cnccc12. The standard InChI is InChI=1S/C9H6N2O3/c12-5-9(13)14-8-4-11-7-3-10-2-1-6(7)8/h1-5,11H. The van der Waals surface area contributed by atoms with E-state index in [2.05, 4.69) is 9.97 Å². The van der Waals surface area contributed by atoms with Crippen LogP contribution in [0.25, 0.3) is 10.9 Å². The average molecular weight is 190 g/mol. The highest BCUT2D eigenvalue weighted by atomic mass is 16.5. The minimum Gasteiger partial charge on any atom is -0.419 e. The van der Waals surface area contributed by atoms with E-state index in [4.69, 9.17) is 4.74 Å². The van der Waals surface area contributed by atoms with Gasteiger partial charge in [-0.05, 0) is 6.07 Å². The number of carbonyl (C=O) groups excluding carboxylic acids is 2. The van der Waals surface area contributed by atoms with Crippen LogP contribution in [-0.2, 0) is 9.59 Å². The molecule has 0 saturated heterocycles. The van der Waals surface area contributed by atoms with Crippen LogP contribution in [0.5, 0.6) is 5.75 Å². The first kappa shape index (κ1) is 8.43. The van der Waals surface area contributed by atoms with Crippen LogP contribution in [0.1, 0.15) is 0 Å². The summed E-state index contributed by atoms with van der Waals surface area (Å²) in [4.78, 5) is 27.5. The molecule has 1 N–H and O–H groups in total. The lowest BCUT2D eigenvalue weighted by Gasteiger charge is -1.95. The largest absolute Gasteiger partial charge is 0.419 e. The molecule has 0 saturated carbocycles. The number of hydrogen-bond acceptors (Lipinski definition) is 4. The molecular formula is C9H6N2O3. The molecule has 2 rings (SSSR count). The molecule has 2 aromatic rings. The summed E-state index contributed by atoms with van der Waals surface area (Å²) in [5, 5.41) is 0.718. The van der Waals surface area contributed by atoms with Gasteiger partial charge in [0.25, 0.3) is 0 Å². The summed E-state index contributed by atoms with van der Waals surface area (Å²) in [6, 6.07) is 1.69. The number of nitrogens with one attached hydrogen (secondary N) is 1. The number of esters is 1. The van der Waals surface area contributed by atoms with E-state index >= 15 is 0 Å². The van der Waals surface area contributed by atoms with Gasteiger partial charge >= 0.3 is 5.97 Å². The maximum atomic E-state index is 10.7. The molecule has 0 aliphatic carbocycles. The van der Waals surface area contributed by atoms with Crippen molar-refractivity contribution in [1.82, 2.24) is 9.97 Å². The summed E-state index contributed by atoms with van der Waals surface area (Å²) in [5.41, 5.74) is 0.751. The van der Waals surface area contributed by atoms with Crippen LogP contribution in [0.3, 0.4) is 0 Å². The number of nitrogens with zero attached hydrogens (tertiary/aromatic N) is 1. The van der Waals surface area contributed by atoms with Gasteiger partial charge in [-0.15, -0.1) is 0 Å². The molecule has 0 fully saturated rings. The zero-order valence-corrected chi connectivity index (χ0v) is 7.06. The minimum atomic E-state index is -0.914. The maximum Gasteiger partial charge on any atom is 0.376 e. The third kappa shape index (κ3) is 1.35. The molecule has 2 heterocycles. The van der Waals surface area contributed by atoms with Crippen LogP contribution in [0.4, 0.5) is 0 Å². The number of ether oxygens (including phenoxy) is 1. The molecule has 0 atom stereocenters. The summed E-state index contributed by atoms with van der Waals surface area (Å²) in [6.45, 7) is 0. The Morgan fingerprint density at radius 1 is 1.57 bits per heavy atom. The minimum absolute atomic E-state index is 0.125. The zero-order chi connectivity index (χ0) is 9.97. The number of H-pyrrole nitrogens is 1. The highest BCUT2D eigenvalue weighted by Gasteiger charge is 2.07. The Labute approximate surface area is 78.7 Å². The highest BCUT2D eigenvalue weighted by Crippen LogP contribution is 2.23. The number of carbonyl (C=O) groups is 2. The molecule has 5 nitrogen and oxygen atoms in total. The normalized spacial score (nSPS) is 10.0. The lowest BCUT2D eigenvalue weighted by Crippen LogP contribution is -2.07. The van der Waals surface area contributed by atoms with Crippen molar-refractivity contribution in [2.45, 2.75) is 0 Å². The number of aromatic amines is 1. The predicted octanol–water partition coefficient (Wildman–Crippen LogP) is 0.667. The monoisotopic (exact) mass is 190 g/mol. The quantitative estimate of drug-likeness (QED) is 0.429. The number of rotatable bonds is 2. The van der Waals surface area contributed by atoms with Gasteiger partial charge in [-0.2, -0.15) is 0 Å². The van der Waals surface area contributed by atoms with Gasteiger partial charge in [-0.1, -0.05) is 0 Å². The molecule has 0 unspecified atom stereocenters. The number of hydrogen-bond donors (Lipinski definition) is 1. The Hall–Kier alpha value is -2.17. The third-order valence-corrected chi connectivity index (χ3v) is 1.75. The molecular weight excluding hydrogens is 184 g/mol. The fourth-order valence-electron chi connectivity index (χ4n) is 1.16. The van der Waals surface area contributed by atoms with E-state index in [-0.39, 0.29) is 6.29 Å². The number of aldehydes is 1. The van der Waals surface area contributed by atoms with Crippen LogP contribution < -0.4 is 4.74 Å². The van der Waals surface area contributed by atoms with E-state index in [1.807, 2.05) is 0 Å². The molecule has 0 spiro atoms. The molecule has 0 aliphatic rings. The van der Waals surface area contributed by atoms with Gasteiger partial charge in [-0.3, -0.25) is 9.78 Å². The zero-order valence-electron chi connectivity index (χ0n) is 7.06. The fourth-order valence-corrected chi connectivity index (χ4v) is 1.16. The molecule has 0 aliphatic heterocycles. The second kappa shape index (κ2) is 3.29. The van der Waals surface area contributed by atoms with Gasteiger partial charge in [0, 0.05) is 17.8 Å². The topological polar surface area (TPSA) is 72.1 Å². The molecule has 0 bridgehead atoms. The molecule has 0 amide bonds. The van der Waals surface area contributed by atoms with E-state index in [1.165, 1.54) is 6.20 Å². The van der Waals surface area contributed by atoms with Crippen LogP contribution in [0.15, 0.2) is 24.7 Å².